The van der Waals surface area contributed by atoms with Gasteiger partial charge in [-0.25, -0.2) is 9.13 Å². The van der Waals surface area contributed by atoms with Crippen LogP contribution in [0.25, 0.3) is 0 Å². The van der Waals surface area contributed by atoms with Gasteiger partial charge in [0, 0.05) is 25.2 Å². The molecular formula is C47H90O16P2. The van der Waals surface area contributed by atoms with Crippen molar-refractivity contribution in [3.63, 3.8) is 0 Å². The number of carbonyl (C=O) groups excluding carboxylic acids is 2. The monoisotopic (exact) mass is 973 g/mol. The standard InChI is InChI=1S/C47H90O16P2/c1-4-5-21-27-39(48)31-32-43-42(44(50)33-45(43)51)28-23-19-20-25-30-47(53)63-41(37-62-65(57,58)61-35-40(49)34-60-64(54,55)56)36-59-46(52)29-24-18-16-14-12-10-8-6-7-9-11-13-15-17-22-26-38(2)3/h31-32,38-45,48-51H,4-30,33-37H2,1-3H3,(H,57,58)(H2,54,55,56)/b32-31+/t39-,40-,41+,42+,43+,44-,45+/m0/s1. The number of ether oxygens (including phenoxy) is 2. The molecule has 65 heavy (non-hydrogen) atoms. The number of hydrogen-bond acceptors (Lipinski definition) is 13. The third kappa shape index (κ3) is 35.5. The van der Waals surface area contributed by atoms with E-state index in [1.54, 1.807) is 6.08 Å². The number of phosphoric ester groups is 2. The Kier molecular flexibility index (Phi) is 35.7. The van der Waals surface area contributed by atoms with E-state index in [1.807, 2.05) is 6.08 Å². The van der Waals surface area contributed by atoms with Crippen molar-refractivity contribution in [2.24, 2.45) is 17.8 Å². The number of rotatable bonds is 43. The first-order valence-electron chi connectivity index (χ1n) is 25.0. The van der Waals surface area contributed by atoms with Crippen molar-refractivity contribution < 1.29 is 76.9 Å². The van der Waals surface area contributed by atoms with Gasteiger partial charge < -0.3 is 44.6 Å². The summed E-state index contributed by atoms with van der Waals surface area (Å²) >= 11 is 0. The zero-order chi connectivity index (χ0) is 48.4. The van der Waals surface area contributed by atoms with Gasteiger partial charge in [0.25, 0.3) is 0 Å². The van der Waals surface area contributed by atoms with E-state index in [0.29, 0.717) is 32.1 Å². The number of esters is 2. The lowest BCUT2D eigenvalue weighted by molar-refractivity contribution is -0.161. The second kappa shape index (κ2) is 37.6. The van der Waals surface area contributed by atoms with Crippen LogP contribution in [-0.2, 0) is 41.8 Å². The molecule has 16 nitrogen and oxygen atoms in total. The first-order chi connectivity index (χ1) is 30.9. The van der Waals surface area contributed by atoms with Crippen LogP contribution in [0.1, 0.15) is 201 Å². The van der Waals surface area contributed by atoms with Gasteiger partial charge in [-0.2, -0.15) is 0 Å². The van der Waals surface area contributed by atoms with Crippen LogP contribution in [0, 0.1) is 17.8 Å². The molecule has 1 fully saturated rings. The van der Waals surface area contributed by atoms with Crippen LogP contribution in [0.2, 0.25) is 0 Å². The summed E-state index contributed by atoms with van der Waals surface area (Å²) in [7, 11) is -9.76. The molecule has 0 heterocycles. The topological polar surface area (TPSA) is 256 Å². The van der Waals surface area contributed by atoms with Gasteiger partial charge in [-0.15, -0.1) is 0 Å². The van der Waals surface area contributed by atoms with E-state index in [4.69, 9.17) is 28.3 Å². The molecule has 7 N–H and O–H groups in total. The predicted octanol–water partition coefficient (Wildman–Crippen LogP) is 9.53. The molecule has 0 aliphatic heterocycles. The van der Waals surface area contributed by atoms with Crippen molar-refractivity contribution in [2.75, 3.05) is 26.4 Å². The van der Waals surface area contributed by atoms with Crippen LogP contribution < -0.4 is 0 Å². The first kappa shape index (κ1) is 61.8. The number of aliphatic hydroxyl groups is 4. The Balaban J connectivity index is 2.47. The highest BCUT2D eigenvalue weighted by atomic mass is 31.2. The fourth-order valence-corrected chi connectivity index (χ4v) is 9.26. The molecule has 8 atom stereocenters. The minimum Gasteiger partial charge on any atom is -0.462 e. The van der Waals surface area contributed by atoms with E-state index in [9.17, 15) is 44.0 Å². The SMILES string of the molecule is CCCCC[C@H](O)/C=C/[C@@H]1[C@@H](CCCCCCC(=O)O[C@H](COC(=O)CCCCCCCCCCCCCCCCCC(C)C)COP(=O)(O)OC[C@@H](O)COP(=O)(O)O)[C@@H](O)C[C@H]1O. The highest BCUT2D eigenvalue weighted by Crippen LogP contribution is 2.44. The van der Waals surface area contributed by atoms with E-state index in [0.717, 1.165) is 57.3 Å². The van der Waals surface area contributed by atoms with E-state index < -0.39 is 84.5 Å². The summed E-state index contributed by atoms with van der Waals surface area (Å²) in [5.74, 6) is -0.739. The molecule has 0 amide bonds. The van der Waals surface area contributed by atoms with Crippen molar-refractivity contribution in [1.82, 2.24) is 0 Å². The molecule has 1 aliphatic carbocycles. The van der Waals surface area contributed by atoms with Crippen LogP contribution in [0.15, 0.2) is 12.2 Å². The summed E-state index contributed by atoms with van der Waals surface area (Å²) < 4.78 is 48.0. The number of carbonyl (C=O) groups is 2. The highest BCUT2D eigenvalue weighted by Gasteiger charge is 2.39. The van der Waals surface area contributed by atoms with E-state index in [1.165, 1.54) is 77.0 Å². The Morgan fingerprint density at radius 3 is 1.66 bits per heavy atom. The zero-order valence-corrected chi connectivity index (χ0v) is 41.9. The van der Waals surface area contributed by atoms with Gasteiger partial charge in [0.15, 0.2) is 6.10 Å². The summed E-state index contributed by atoms with van der Waals surface area (Å²) in [4.78, 5) is 53.1. The zero-order valence-electron chi connectivity index (χ0n) is 40.1. The number of phosphoric acid groups is 2. The first-order valence-corrected chi connectivity index (χ1v) is 28.0. The van der Waals surface area contributed by atoms with Crippen molar-refractivity contribution >= 4 is 27.6 Å². The maximum Gasteiger partial charge on any atom is 0.472 e. The molecule has 0 aromatic rings. The average Bonchev–Trinajstić information content (AvgIpc) is 3.51. The van der Waals surface area contributed by atoms with Crippen LogP contribution in [0.5, 0.6) is 0 Å². The molecule has 1 unspecified atom stereocenters. The Labute approximate surface area is 390 Å². The van der Waals surface area contributed by atoms with Gasteiger partial charge >= 0.3 is 27.6 Å². The Hall–Kier alpha value is -1.26. The smallest absolute Gasteiger partial charge is 0.462 e. The largest absolute Gasteiger partial charge is 0.472 e. The van der Waals surface area contributed by atoms with Crippen LogP contribution >= 0.6 is 15.6 Å². The van der Waals surface area contributed by atoms with Crippen LogP contribution in [0.3, 0.4) is 0 Å². The fourth-order valence-electron chi connectivity index (χ4n) is 8.10. The van der Waals surface area contributed by atoms with Crippen LogP contribution in [0.4, 0.5) is 0 Å². The second-order valence-corrected chi connectivity index (χ2v) is 21.2. The Bertz CT molecular complexity index is 1330. The van der Waals surface area contributed by atoms with Gasteiger partial charge in [0.05, 0.1) is 38.1 Å². The molecule has 0 bridgehead atoms. The van der Waals surface area contributed by atoms with Crippen molar-refractivity contribution in [2.45, 2.75) is 231 Å². The van der Waals surface area contributed by atoms with Gasteiger partial charge in [0.2, 0.25) is 0 Å². The van der Waals surface area contributed by atoms with Crippen LogP contribution in [-0.4, -0.2) is 104 Å². The lowest BCUT2D eigenvalue weighted by Gasteiger charge is -2.21. The number of unbranched alkanes of at least 4 members (excludes halogenated alkanes) is 19. The highest BCUT2D eigenvalue weighted by molar-refractivity contribution is 7.47. The maximum atomic E-state index is 12.8. The summed E-state index contributed by atoms with van der Waals surface area (Å²) in [6, 6.07) is 0. The summed E-state index contributed by atoms with van der Waals surface area (Å²) in [5, 5.41) is 41.3. The van der Waals surface area contributed by atoms with Gasteiger partial charge in [0.1, 0.15) is 12.7 Å². The molecule has 384 valence electrons. The Morgan fingerprint density at radius 1 is 0.615 bits per heavy atom. The van der Waals surface area contributed by atoms with Crippen molar-refractivity contribution in [3.8, 4) is 0 Å². The minimum absolute atomic E-state index is 0.00826. The molecular weight excluding hydrogens is 882 g/mol. The number of hydrogen-bond donors (Lipinski definition) is 7. The van der Waals surface area contributed by atoms with Gasteiger partial charge in [-0.1, -0.05) is 168 Å². The number of aliphatic hydroxyl groups excluding tert-OH is 4. The lowest BCUT2D eigenvalue weighted by Crippen LogP contribution is -2.30. The third-order valence-electron chi connectivity index (χ3n) is 11.9. The summed E-state index contributed by atoms with van der Waals surface area (Å²) in [6.07, 6.45) is 25.5. The molecule has 0 spiro atoms. The average molecular weight is 973 g/mol. The fraction of sp³-hybridized carbons (Fsp3) is 0.915. The normalized spacial score (nSPS) is 20.3. The third-order valence-corrected chi connectivity index (χ3v) is 13.4. The molecule has 1 aliphatic rings. The van der Waals surface area contributed by atoms with E-state index >= 15 is 0 Å². The van der Waals surface area contributed by atoms with Gasteiger partial charge in [-0.05, 0) is 37.5 Å². The van der Waals surface area contributed by atoms with E-state index in [2.05, 4.69) is 25.3 Å². The molecule has 0 saturated heterocycles. The molecule has 0 aromatic carbocycles. The maximum absolute atomic E-state index is 12.8. The predicted molar refractivity (Wildman–Crippen MR) is 250 cm³/mol. The van der Waals surface area contributed by atoms with Crippen molar-refractivity contribution in [3.05, 3.63) is 12.2 Å². The summed E-state index contributed by atoms with van der Waals surface area (Å²) in [6.45, 7) is 3.79. The Morgan fingerprint density at radius 2 is 1.11 bits per heavy atom. The quantitative estimate of drug-likeness (QED) is 0.0130. The summed E-state index contributed by atoms with van der Waals surface area (Å²) in [5.41, 5.74) is 0. The van der Waals surface area contributed by atoms with Gasteiger partial charge in [-0.3, -0.25) is 23.2 Å². The molecule has 1 saturated carbocycles. The second-order valence-electron chi connectivity index (χ2n) is 18.5. The minimum atomic E-state index is -4.89. The van der Waals surface area contributed by atoms with Crippen molar-refractivity contribution in [1.29, 1.82) is 0 Å². The van der Waals surface area contributed by atoms with E-state index in [-0.39, 0.29) is 31.1 Å². The molecule has 1 rings (SSSR count). The molecule has 18 heteroatoms. The lowest BCUT2D eigenvalue weighted by atomic mass is 9.88. The molecule has 0 radical (unpaired) electrons. The molecule has 0 aromatic heterocycles.